The molecule has 0 aliphatic rings. The number of anilines is 2. The summed E-state index contributed by atoms with van der Waals surface area (Å²) in [5.74, 6) is 0. The number of nitrogens with two attached hydrogens (primary N) is 1. The Balaban J connectivity index is 1.80. The predicted molar refractivity (Wildman–Crippen MR) is 88.9 cm³/mol. The first-order chi connectivity index (χ1) is 10.6. The number of aliphatic hydroxyl groups excluding tert-OH is 1. The average Bonchev–Trinajstić information content (AvgIpc) is 2.50. The molecule has 0 spiro atoms. The number of benzene rings is 2. The summed E-state index contributed by atoms with van der Waals surface area (Å²) in [6.45, 7) is 0.311. The summed E-state index contributed by atoms with van der Waals surface area (Å²) in [4.78, 5) is 11.7. The molecule has 2 aromatic rings. The van der Waals surface area contributed by atoms with Gasteiger partial charge in [0.1, 0.15) is 0 Å². The Kier molecular flexibility index (Phi) is 5.63. The lowest BCUT2D eigenvalue weighted by molar-refractivity contribution is 0.168. The van der Waals surface area contributed by atoms with Crippen molar-refractivity contribution < 1.29 is 9.90 Å². The molecule has 5 N–H and O–H groups in total. The average molecular weight is 320 g/mol. The monoisotopic (exact) mass is 319 g/mol. The molecule has 0 aromatic heterocycles. The number of rotatable bonds is 5. The zero-order valence-corrected chi connectivity index (χ0v) is 12.7. The van der Waals surface area contributed by atoms with Crippen LogP contribution in [0.25, 0.3) is 0 Å². The van der Waals surface area contributed by atoms with E-state index >= 15 is 0 Å². The van der Waals surface area contributed by atoms with E-state index < -0.39 is 6.10 Å². The van der Waals surface area contributed by atoms with Crippen LogP contribution in [0.4, 0.5) is 16.2 Å². The van der Waals surface area contributed by atoms with E-state index in [1.165, 1.54) is 0 Å². The molecule has 1 atom stereocenters. The number of carbonyl (C=O) groups excluding carboxylic acids is 1. The van der Waals surface area contributed by atoms with E-state index in [-0.39, 0.29) is 6.03 Å². The molecule has 2 rings (SSSR count). The van der Waals surface area contributed by atoms with Crippen molar-refractivity contribution in [3.63, 3.8) is 0 Å². The van der Waals surface area contributed by atoms with Gasteiger partial charge in [-0.15, -0.1) is 0 Å². The number of aliphatic hydroxyl groups is 1. The number of nitrogen functional groups attached to an aromatic ring is 1. The second-order valence-corrected chi connectivity index (χ2v) is 5.26. The zero-order chi connectivity index (χ0) is 15.9. The van der Waals surface area contributed by atoms with Crippen LogP contribution in [0.2, 0.25) is 5.02 Å². The molecular weight excluding hydrogens is 302 g/mol. The minimum Gasteiger partial charge on any atom is -0.398 e. The standard InChI is InChI=1S/C16H18ClN3O2/c17-11-6-7-14(18)13(10-11)15(21)8-9-19-16(22)20-12-4-2-1-3-5-12/h1-7,10,15,21H,8-9,18H2,(H2,19,20,22). The van der Waals surface area contributed by atoms with Crippen LogP contribution >= 0.6 is 11.6 Å². The fourth-order valence-electron chi connectivity index (χ4n) is 2.01. The zero-order valence-electron chi connectivity index (χ0n) is 11.9. The number of hydrogen-bond acceptors (Lipinski definition) is 3. The van der Waals surface area contributed by atoms with Gasteiger partial charge in [0.25, 0.3) is 0 Å². The molecule has 5 nitrogen and oxygen atoms in total. The summed E-state index contributed by atoms with van der Waals surface area (Å²) >= 11 is 5.89. The van der Waals surface area contributed by atoms with Crippen molar-refractivity contribution in [2.24, 2.45) is 0 Å². The Morgan fingerprint density at radius 2 is 1.95 bits per heavy atom. The van der Waals surface area contributed by atoms with Crippen molar-refractivity contribution in [3.05, 3.63) is 59.1 Å². The molecule has 6 heteroatoms. The van der Waals surface area contributed by atoms with Crippen LogP contribution in [-0.2, 0) is 0 Å². The van der Waals surface area contributed by atoms with Crippen LogP contribution < -0.4 is 16.4 Å². The van der Waals surface area contributed by atoms with Crippen LogP contribution in [0.1, 0.15) is 18.1 Å². The minimum atomic E-state index is -0.782. The molecule has 0 aliphatic carbocycles. The van der Waals surface area contributed by atoms with Gasteiger partial charge < -0.3 is 21.5 Å². The fraction of sp³-hybridized carbons (Fsp3) is 0.188. The van der Waals surface area contributed by atoms with Crippen molar-refractivity contribution in [1.29, 1.82) is 0 Å². The Bertz CT molecular complexity index is 635. The number of carbonyl (C=O) groups is 1. The topological polar surface area (TPSA) is 87.4 Å². The van der Waals surface area contributed by atoms with Crippen LogP contribution in [0.15, 0.2) is 48.5 Å². The van der Waals surface area contributed by atoms with Crippen molar-refractivity contribution in [2.75, 3.05) is 17.6 Å². The molecule has 2 aromatic carbocycles. The minimum absolute atomic E-state index is 0.311. The van der Waals surface area contributed by atoms with Gasteiger partial charge in [0, 0.05) is 28.5 Å². The van der Waals surface area contributed by atoms with Gasteiger partial charge in [0.2, 0.25) is 0 Å². The van der Waals surface area contributed by atoms with Crippen LogP contribution in [0.3, 0.4) is 0 Å². The van der Waals surface area contributed by atoms with Crippen molar-refractivity contribution in [1.82, 2.24) is 5.32 Å². The molecule has 22 heavy (non-hydrogen) atoms. The van der Waals surface area contributed by atoms with Crippen molar-refractivity contribution in [3.8, 4) is 0 Å². The number of nitrogens with one attached hydrogen (secondary N) is 2. The molecule has 0 saturated carbocycles. The smallest absolute Gasteiger partial charge is 0.319 e. The number of para-hydroxylation sites is 1. The first-order valence-corrected chi connectivity index (χ1v) is 7.27. The first-order valence-electron chi connectivity index (χ1n) is 6.89. The third-order valence-corrected chi connectivity index (χ3v) is 3.38. The Hall–Kier alpha value is -2.24. The largest absolute Gasteiger partial charge is 0.398 e. The van der Waals surface area contributed by atoms with E-state index in [9.17, 15) is 9.90 Å². The summed E-state index contributed by atoms with van der Waals surface area (Å²) in [5, 5.41) is 16.0. The van der Waals surface area contributed by atoms with Crippen LogP contribution in [-0.4, -0.2) is 17.7 Å². The second kappa shape index (κ2) is 7.68. The molecule has 0 heterocycles. The lowest BCUT2D eigenvalue weighted by atomic mass is 10.0. The molecule has 0 fully saturated rings. The van der Waals surface area contributed by atoms with Gasteiger partial charge in [0.05, 0.1) is 6.10 Å². The van der Waals surface area contributed by atoms with Gasteiger partial charge in [-0.3, -0.25) is 0 Å². The number of hydrogen-bond donors (Lipinski definition) is 4. The van der Waals surface area contributed by atoms with Gasteiger partial charge >= 0.3 is 6.03 Å². The highest BCUT2D eigenvalue weighted by Gasteiger charge is 2.12. The molecule has 0 aliphatic heterocycles. The molecule has 116 valence electrons. The lowest BCUT2D eigenvalue weighted by Gasteiger charge is -2.14. The molecule has 0 bridgehead atoms. The highest BCUT2D eigenvalue weighted by molar-refractivity contribution is 6.30. The highest BCUT2D eigenvalue weighted by atomic mass is 35.5. The lowest BCUT2D eigenvalue weighted by Crippen LogP contribution is -2.30. The maximum absolute atomic E-state index is 11.7. The van der Waals surface area contributed by atoms with Gasteiger partial charge in [-0.25, -0.2) is 4.79 Å². The summed E-state index contributed by atoms with van der Waals surface area (Å²) in [6.07, 6.45) is -0.442. The fourth-order valence-corrected chi connectivity index (χ4v) is 2.19. The first kappa shape index (κ1) is 16.1. The maximum Gasteiger partial charge on any atom is 0.319 e. The van der Waals surface area contributed by atoms with E-state index in [1.54, 1.807) is 30.3 Å². The van der Waals surface area contributed by atoms with Gasteiger partial charge in [0.15, 0.2) is 0 Å². The Morgan fingerprint density at radius 3 is 2.68 bits per heavy atom. The highest BCUT2D eigenvalue weighted by Crippen LogP contribution is 2.25. The van der Waals surface area contributed by atoms with Gasteiger partial charge in [-0.2, -0.15) is 0 Å². The van der Waals surface area contributed by atoms with Gasteiger partial charge in [-0.05, 0) is 36.8 Å². The normalized spacial score (nSPS) is 11.7. The quantitative estimate of drug-likeness (QED) is 0.638. The molecule has 0 saturated heterocycles. The Morgan fingerprint density at radius 1 is 1.23 bits per heavy atom. The van der Waals surface area contributed by atoms with E-state index in [1.807, 2.05) is 18.2 Å². The summed E-state index contributed by atoms with van der Waals surface area (Å²) in [7, 11) is 0. The third kappa shape index (κ3) is 4.65. The number of urea groups is 1. The number of halogens is 1. The van der Waals surface area contributed by atoms with E-state index in [4.69, 9.17) is 17.3 Å². The second-order valence-electron chi connectivity index (χ2n) is 4.82. The molecular formula is C16H18ClN3O2. The van der Waals surface area contributed by atoms with E-state index in [0.29, 0.717) is 34.9 Å². The predicted octanol–water partition coefficient (Wildman–Crippen LogP) is 3.17. The third-order valence-electron chi connectivity index (χ3n) is 3.14. The van der Waals surface area contributed by atoms with Crippen molar-refractivity contribution in [2.45, 2.75) is 12.5 Å². The summed E-state index contributed by atoms with van der Waals surface area (Å²) in [6, 6.07) is 13.7. The Labute approximate surface area is 134 Å². The van der Waals surface area contributed by atoms with E-state index in [0.717, 1.165) is 0 Å². The summed E-state index contributed by atoms with van der Waals surface area (Å²) < 4.78 is 0. The van der Waals surface area contributed by atoms with Crippen molar-refractivity contribution >= 4 is 29.0 Å². The molecule has 1 unspecified atom stereocenters. The van der Waals surface area contributed by atoms with Crippen LogP contribution in [0.5, 0.6) is 0 Å². The molecule has 2 amide bonds. The maximum atomic E-state index is 11.7. The van der Waals surface area contributed by atoms with E-state index in [2.05, 4.69) is 10.6 Å². The molecule has 0 radical (unpaired) electrons. The summed E-state index contributed by atoms with van der Waals surface area (Å²) in [5.41, 5.74) is 7.56. The number of amides is 2. The SMILES string of the molecule is Nc1ccc(Cl)cc1C(O)CCNC(=O)Nc1ccccc1. The van der Waals surface area contributed by atoms with Crippen LogP contribution in [0, 0.1) is 0 Å². The van der Waals surface area contributed by atoms with Gasteiger partial charge in [-0.1, -0.05) is 29.8 Å².